The average Bonchev–Trinajstić information content (AvgIpc) is 3.20. The van der Waals surface area contributed by atoms with Gasteiger partial charge < -0.3 is 14.3 Å². The van der Waals surface area contributed by atoms with E-state index in [2.05, 4.69) is 0 Å². The van der Waals surface area contributed by atoms with E-state index in [4.69, 9.17) is 9.15 Å². The standard InChI is InChI=1S/C17H19NO4/c1-21-13-8-6-12(7-9-13)16(15-5-3-11-22-15)18-10-2-4-14(18)17(19)20/h3,5-9,11,14,16H,2,4,10H2,1H3,(H,19,20). The van der Waals surface area contributed by atoms with Crippen LogP contribution in [0.1, 0.15) is 30.2 Å². The van der Waals surface area contributed by atoms with Crippen molar-refractivity contribution in [1.29, 1.82) is 0 Å². The van der Waals surface area contributed by atoms with Crippen LogP contribution in [0.15, 0.2) is 47.1 Å². The molecular weight excluding hydrogens is 282 g/mol. The second-order valence-corrected chi connectivity index (χ2v) is 5.43. The van der Waals surface area contributed by atoms with E-state index in [9.17, 15) is 9.90 Å². The van der Waals surface area contributed by atoms with Gasteiger partial charge in [-0.1, -0.05) is 12.1 Å². The van der Waals surface area contributed by atoms with E-state index in [0.717, 1.165) is 30.0 Å². The first-order valence-corrected chi connectivity index (χ1v) is 7.36. The zero-order valence-corrected chi connectivity index (χ0v) is 12.4. The number of methoxy groups -OCH3 is 1. The maximum absolute atomic E-state index is 11.5. The summed E-state index contributed by atoms with van der Waals surface area (Å²) in [6, 6.07) is 10.8. The van der Waals surface area contributed by atoms with E-state index in [1.54, 1.807) is 13.4 Å². The molecule has 2 heterocycles. The summed E-state index contributed by atoms with van der Waals surface area (Å²) in [5, 5.41) is 9.47. The Kier molecular flexibility index (Phi) is 4.15. The lowest BCUT2D eigenvalue weighted by Gasteiger charge is -2.30. The van der Waals surface area contributed by atoms with Crippen molar-refractivity contribution < 1.29 is 19.1 Å². The van der Waals surface area contributed by atoms with Crippen molar-refractivity contribution in [1.82, 2.24) is 4.90 Å². The van der Waals surface area contributed by atoms with Crippen LogP contribution in [-0.4, -0.2) is 35.7 Å². The molecule has 116 valence electrons. The molecule has 22 heavy (non-hydrogen) atoms. The van der Waals surface area contributed by atoms with Crippen LogP contribution < -0.4 is 4.74 Å². The minimum atomic E-state index is -0.775. The largest absolute Gasteiger partial charge is 0.497 e. The molecule has 2 aromatic rings. The highest BCUT2D eigenvalue weighted by atomic mass is 16.5. The number of carboxylic acid groups (broad SMARTS) is 1. The summed E-state index contributed by atoms with van der Waals surface area (Å²) < 4.78 is 10.8. The van der Waals surface area contributed by atoms with Gasteiger partial charge in [-0.15, -0.1) is 0 Å². The van der Waals surface area contributed by atoms with Crippen molar-refractivity contribution in [3.63, 3.8) is 0 Å². The third-order valence-electron chi connectivity index (χ3n) is 4.16. The highest BCUT2D eigenvalue weighted by molar-refractivity contribution is 5.74. The molecule has 1 aromatic carbocycles. The van der Waals surface area contributed by atoms with Gasteiger partial charge in [-0.3, -0.25) is 9.69 Å². The molecule has 0 saturated carbocycles. The van der Waals surface area contributed by atoms with E-state index in [-0.39, 0.29) is 6.04 Å². The second kappa shape index (κ2) is 6.23. The first kappa shape index (κ1) is 14.7. The average molecular weight is 301 g/mol. The Hall–Kier alpha value is -2.27. The number of carbonyl (C=O) groups is 1. The van der Waals surface area contributed by atoms with Gasteiger partial charge >= 0.3 is 5.97 Å². The Morgan fingerprint density at radius 3 is 2.73 bits per heavy atom. The van der Waals surface area contributed by atoms with Crippen molar-refractivity contribution in [2.45, 2.75) is 24.9 Å². The Labute approximate surface area is 129 Å². The topological polar surface area (TPSA) is 62.9 Å². The van der Waals surface area contributed by atoms with Gasteiger partial charge in [0.25, 0.3) is 0 Å². The molecule has 1 fully saturated rings. The first-order chi connectivity index (χ1) is 10.7. The monoisotopic (exact) mass is 301 g/mol. The van der Waals surface area contributed by atoms with Gasteiger partial charge in [-0.2, -0.15) is 0 Å². The van der Waals surface area contributed by atoms with Crippen molar-refractivity contribution in [2.24, 2.45) is 0 Å². The molecule has 5 nitrogen and oxygen atoms in total. The number of likely N-dealkylation sites (tertiary alicyclic amines) is 1. The Morgan fingerprint density at radius 1 is 1.36 bits per heavy atom. The summed E-state index contributed by atoms with van der Waals surface area (Å²) in [4.78, 5) is 13.5. The molecule has 0 spiro atoms. The molecule has 0 radical (unpaired) electrons. The summed E-state index contributed by atoms with van der Waals surface area (Å²) in [6.07, 6.45) is 3.17. The fourth-order valence-corrected chi connectivity index (χ4v) is 3.12. The maximum Gasteiger partial charge on any atom is 0.320 e. The summed E-state index contributed by atoms with van der Waals surface area (Å²) >= 11 is 0. The molecule has 5 heteroatoms. The molecule has 2 atom stereocenters. The van der Waals surface area contributed by atoms with Crippen LogP contribution in [-0.2, 0) is 4.79 Å². The fraction of sp³-hybridized carbons (Fsp3) is 0.353. The van der Waals surface area contributed by atoms with Crippen LogP contribution in [0.3, 0.4) is 0 Å². The smallest absolute Gasteiger partial charge is 0.320 e. The fourth-order valence-electron chi connectivity index (χ4n) is 3.12. The van der Waals surface area contributed by atoms with Crippen LogP contribution in [0.4, 0.5) is 0 Å². The zero-order valence-electron chi connectivity index (χ0n) is 12.4. The molecule has 0 amide bonds. The maximum atomic E-state index is 11.5. The number of hydrogen-bond acceptors (Lipinski definition) is 4. The Morgan fingerprint density at radius 2 is 2.14 bits per heavy atom. The Balaban J connectivity index is 1.98. The minimum absolute atomic E-state index is 0.190. The summed E-state index contributed by atoms with van der Waals surface area (Å²) in [6.45, 7) is 0.744. The van der Waals surface area contributed by atoms with Gasteiger partial charge in [0.2, 0.25) is 0 Å². The highest BCUT2D eigenvalue weighted by Gasteiger charge is 2.37. The van der Waals surface area contributed by atoms with Crippen LogP contribution in [0.25, 0.3) is 0 Å². The molecule has 1 N–H and O–H groups in total. The molecule has 0 aliphatic carbocycles. The molecule has 3 rings (SSSR count). The third kappa shape index (κ3) is 2.72. The van der Waals surface area contributed by atoms with Crippen molar-refractivity contribution in [3.05, 3.63) is 54.0 Å². The number of benzene rings is 1. The summed E-state index contributed by atoms with van der Waals surface area (Å²) in [7, 11) is 1.62. The van der Waals surface area contributed by atoms with Gasteiger partial charge in [0.05, 0.1) is 19.4 Å². The van der Waals surface area contributed by atoms with E-state index in [1.807, 2.05) is 41.3 Å². The van der Waals surface area contributed by atoms with Gasteiger partial charge in [-0.05, 0) is 42.7 Å². The van der Waals surface area contributed by atoms with Crippen molar-refractivity contribution in [2.75, 3.05) is 13.7 Å². The molecular formula is C17H19NO4. The van der Waals surface area contributed by atoms with E-state index < -0.39 is 12.0 Å². The van der Waals surface area contributed by atoms with Gasteiger partial charge in [-0.25, -0.2) is 0 Å². The normalized spacial score (nSPS) is 20.0. The number of nitrogens with zero attached hydrogens (tertiary/aromatic N) is 1. The van der Waals surface area contributed by atoms with E-state index in [0.29, 0.717) is 6.42 Å². The number of furan rings is 1. The van der Waals surface area contributed by atoms with E-state index in [1.165, 1.54) is 0 Å². The summed E-state index contributed by atoms with van der Waals surface area (Å²) in [5.74, 6) is 0.763. The van der Waals surface area contributed by atoms with Gasteiger partial charge in [0, 0.05) is 6.54 Å². The van der Waals surface area contributed by atoms with Gasteiger partial charge in [0.15, 0.2) is 0 Å². The minimum Gasteiger partial charge on any atom is -0.497 e. The molecule has 2 unspecified atom stereocenters. The molecule has 1 aromatic heterocycles. The molecule has 1 aliphatic rings. The SMILES string of the molecule is COc1ccc(C(c2ccco2)N2CCCC2C(=O)O)cc1. The number of rotatable bonds is 5. The number of aliphatic carboxylic acids is 1. The van der Waals surface area contributed by atoms with Crippen LogP contribution in [0.2, 0.25) is 0 Å². The molecule has 1 aliphatic heterocycles. The lowest BCUT2D eigenvalue weighted by atomic mass is 10.0. The van der Waals surface area contributed by atoms with Crippen LogP contribution in [0.5, 0.6) is 5.75 Å². The lowest BCUT2D eigenvalue weighted by molar-refractivity contribution is -0.142. The lowest BCUT2D eigenvalue weighted by Crippen LogP contribution is -2.39. The highest BCUT2D eigenvalue weighted by Crippen LogP contribution is 2.35. The molecule has 1 saturated heterocycles. The van der Waals surface area contributed by atoms with Crippen molar-refractivity contribution >= 4 is 5.97 Å². The van der Waals surface area contributed by atoms with Gasteiger partial charge in [0.1, 0.15) is 17.6 Å². The zero-order chi connectivity index (χ0) is 15.5. The second-order valence-electron chi connectivity index (χ2n) is 5.43. The van der Waals surface area contributed by atoms with Crippen molar-refractivity contribution in [3.8, 4) is 5.75 Å². The number of carboxylic acids is 1. The summed E-state index contributed by atoms with van der Waals surface area (Å²) in [5.41, 5.74) is 1.00. The first-order valence-electron chi connectivity index (χ1n) is 7.36. The third-order valence-corrected chi connectivity index (χ3v) is 4.16. The predicted octanol–water partition coefficient (Wildman–Crippen LogP) is 2.93. The quantitative estimate of drug-likeness (QED) is 0.920. The Bertz CT molecular complexity index is 621. The molecule has 0 bridgehead atoms. The van der Waals surface area contributed by atoms with Crippen LogP contribution >= 0.6 is 0 Å². The number of ether oxygens (including phenoxy) is 1. The predicted molar refractivity (Wildman–Crippen MR) is 80.9 cm³/mol. The van der Waals surface area contributed by atoms with E-state index >= 15 is 0 Å². The number of hydrogen-bond donors (Lipinski definition) is 1. The van der Waals surface area contributed by atoms with Crippen LogP contribution in [0, 0.1) is 0 Å².